The van der Waals surface area contributed by atoms with Gasteiger partial charge in [0.05, 0.1) is 22.7 Å². The highest BCUT2D eigenvalue weighted by molar-refractivity contribution is 5.81. The van der Waals surface area contributed by atoms with Crippen molar-refractivity contribution in [2.45, 2.75) is 25.9 Å². The van der Waals surface area contributed by atoms with Gasteiger partial charge in [0, 0.05) is 34.9 Å². The van der Waals surface area contributed by atoms with E-state index >= 15 is 0 Å². The first kappa shape index (κ1) is 17.6. The topological polar surface area (TPSA) is 82.0 Å². The van der Waals surface area contributed by atoms with Gasteiger partial charge in [-0.2, -0.15) is 5.10 Å². The molecule has 5 rings (SSSR count). The molecule has 0 spiro atoms. The zero-order valence-corrected chi connectivity index (χ0v) is 16.3. The van der Waals surface area contributed by atoms with E-state index < -0.39 is 5.60 Å². The lowest BCUT2D eigenvalue weighted by Gasteiger charge is -2.18. The smallest absolute Gasteiger partial charge is 0.115 e. The standard InChI is InChI=1S/C24H21N3O2/c1-24(2,29)17-6-9-19-16(11-17)12-20-22(26-27-23(19)20)15-5-10-21(25-13-15)14-3-7-18(28)8-4-14/h3-11,13,28-29H,12H2,1-2H3,(H,26,27). The zero-order valence-electron chi connectivity index (χ0n) is 16.3. The number of pyridine rings is 1. The molecule has 0 bridgehead atoms. The molecule has 0 fully saturated rings. The number of phenols is 1. The Bertz CT molecular complexity index is 1200. The lowest BCUT2D eigenvalue weighted by atomic mass is 9.94. The molecule has 29 heavy (non-hydrogen) atoms. The predicted octanol–water partition coefficient (Wildman–Crippen LogP) is 4.64. The summed E-state index contributed by atoms with van der Waals surface area (Å²) in [6.45, 7) is 3.61. The van der Waals surface area contributed by atoms with Crippen LogP contribution >= 0.6 is 0 Å². The molecule has 0 atom stereocenters. The van der Waals surface area contributed by atoms with Crippen molar-refractivity contribution in [2.75, 3.05) is 0 Å². The largest absolute Gasteiger partial charge is 0.508 e. The van der Waals surface area contributed by atoms with Crippen molar-refractivity contribution in [1.29, 1.82) is 0 Å². The van der Waals surface area contributed by atoms with Gasteiger partial charge in [0.2, 0.25) is 0 Å². The van der Waals surface area contributed by atoms with Gasteiger partial charge < -0.3 is 10.2 Å². The first-order chi connectivity index (χ1) is 13.9. The summed E-state index contributed by atoms with van der Waals surface area (Å²) in [5, 5.41) is 27.5. The van der Waals surface area contributed by atoms with Crippen LogP contribution in [-0.4, -0.2) is 25.4 Å². The van der Waals surface area contributed by atoms with Crippen LogP contribution in [0.15, 0.2) is 60.8 Å². The molecule has 0 saturated heterocycles. The number of aromatic amines is 1. The molecular weight excluding hydrogens is 362 g/mol. The summed E-state index contributed by atoms with van der Waals surface area (Å²) in [6, 6.07) is 17.1. The summed E-state index contributed by atoms with van der Waals surface area (Å²) >= 11 is 0. The van der Waals surface area contributed by atoms with Gasteiger partial charge in [-0.05, 0) is 61.4 Å². The number of rotatable bonds is 3. The number of hydrogen-bond donors (Lipinski definition) is 3. The number of H-pyrrole nitrogens is 1. The summed E-state index contributed by atoms with van der Waals surface area (Å²) < 4.78 is 0. The van der Waals surface area contributed by atoms with Crippen LogP contribution in [0.2, 0.25) is 0 Å². The fraction of sp³-hybridized carbons (Fsp3) is 0.167. The molecule has 0 unspecified atom stereocenters. The first-order valence-corrected chi connectivity index (χ1v) is 9.59. The molecule has 144 valence electrons. The number of aromatic nitrogens is 3. The quantitative estimate of drug-likeness (QED) is 0.424. The SMILES string of the molecule is CC(C)(O)c1ccc2c(c1)Cc1c(-c3ccc(-c4ccc(O)cc4)nc3)n[nH]c1-2. The number of phenolic OH excluding ortho intramolecular Hbond substituents is 1. The van der Waals surface area contributed by atoms with Gasteiger partial charge in [-0.25, -0.2) is 0 Å². The predicted molar refractivity (Wildman–Crippen MR) is 112 cm³/mol. The van der Waals surface area contributed by atoms with E-state index in [0.717, 1.165) is 51.3 Å². The van der Waals surface area contributed by atoms with E-state index in [0.29, 0.717) is 0 Å². The monoisotopic (exact) mass is 383 g/mol. The van der Waals surface area contributed by atoms with E-state index in [1.54, 1.807) is 26.0 Å². The minimum absolute atomic E-state index is 0.241. The van der Waals surface area contributed by atoms with Crippen LogP contribution in [0.3, 0.4) is 0 Å². The molecule has 5 heteroatoms. The molecule has 4 aromatic rings. The Balaban J connectivity index is 1.48. The van der Waals surface area contributed by atoms with Crippen molar-refractivity contribution in [1.82, 2.24) is 15.2 Å². The van der Waals surface area contributed by atoms with Crippen LogP contribution in [0.25, 0.3) is 33.8 Å². The van der Waals surface area contributed by atoms with Crippen molar-refractivity contribution < 1.29 is 10.2 Å². The minimum Gasteiger partial charge on any atom is -0.508 e. The Hall–Kier alpha value is -3.44. The molecular formula is C24H21N3O2. The second-order valence-corrected chi connectivity index (χ2v) is 8.01. The lowest BCUT2D eigenvalue weighted by molar-refractivity contribution is 0.0785. The average Bonchev–Trinajstić information content (AvgIpc) is 3.27. The van der Waals surface area contributed by atoms with Gasteiger partial charge >= 0.3 is 0 Å². The maximum atomic E-state index is 10.3. The fourth-order valence-electron chi connectivity index (χ4n) is 3.89. The van der Waals surface area contributed by atoms with E-state index in [2.05, 4.69) is 27.3 Å². The van der Waals surface area contributed by atoms with Crippen LogP contribution in [0.5, 0.6) is 5.75 Å². The zero-order chi connectivity index (χ0) is 20.2. The highest BCUT2D eigenvalue weighted by atomic mass is 16.3. The molecule has 3 N–H and O–H groups in total. The van der Waals surface area contributed by atoms with Crippen molar-refractivity contribution in [2.24, 2.45) is 0 Å². The Morgan fingerprint density at radius 2 is 1.72 bits per heavy atom. The normalized spacial score (nSPS) is 12.7. The molecule has 2 aromatic heterocycles. The van der Waals surface area contributed by atoms with Gasteiger partial charge in [0.15, 0.2) is 0 Å². The minimum atomic E-state index is -0.861. The summed E-state index contributed by atoms with van der Waals surface area (Å²) in [6.07, 6.45) is 2.62. The van der Waals surface area contributed by atoms with Crippen LogP contribution in [-0.2, 0) is 12.0 Å². The third-order valence-electron chi connectivity index (χ3n) is 5.52. The molecule has 0 aliphatic heterocycles. The first-order valence-electron chi connectivity index (χ1n) is 9.59. The highest BCUT2D eigenvalue weighted by Gasteiger charge is 2.27. The molecule has 2 aromatic carbocycles. The van der Waals surface area contributed by atoms with Crippen LogP contribution in [0, 0.1) is 0 Å². The Morgan fingerprint density at radius 3 is 2.41 bits per heavy atom. The molecule has 1 aliphatic carbocycles. The molecule has 1 aliphatic rings. The Morgan fingerprint density at radius 1 is 0.966 bits per heavy atom. The maximum Gasteiger partial charge on any atom is 0.115 e. The van der Waals surface area contributed by atoms with Crippen molar-refractivity contribution in [3.8, 4) is 39.5 Å². The molecule has 0 amide bonds. The number of fused-ring (bicyclic) bond motifs is 3. The Kier molecular flexibility index (Phi) is 3.83. The molecule has 5 nitrogen and oxygen atoms in total. The molecule has 2 heterocycles. The number of aliphatic hydroxyl groups is 1. The second kappa shape index (κ2) is 6.29. The van der Waals surface area contributed by atoms with E-state index in [4.69, 9.17) is 0 Å². The van der Waals surface area contributed by atoms with Crippen LogP contribution in [0.1, 0.15) is 30.5 Å². The van der Waals surface area contributed by atoms with Crippen molar-refractivity contribution in [3.63, 3.8) is 0 Å². The fourth-order valence-corrected chi connectivity index (χ4v) is 3.89. The summed E-state index contributed by atoms with van der Waals surface area (Å²) in [5.74, 6) is 0.241. The van der Waals surface area contributed by atoms with Gasteiger partial charge in [0.25, 0.3) is 0 Å². The van der Waals surface area contributed by atoms with E-state index in [9.17, 15) is 10.2 Å². The third-order valence-corrected chi connectivity index (χ3v) is 5.52. The summed E-state index contributed by atoms with van der Waals surface area (Å²) in [5.41, 5.74) is 8.25. The summed E-state index contributed by atoms with van der Waals surface area (Å²) in [7, 11) is 0. The van der Waals surface area contributed by atoms with Crippen molar-refractivity contribution in [3.05, 3.63) is 77.5 Å². The summed E-state index contributed by atoms with van der Waals surface area (Å²) in [4.78, 5) is 4.59. The molecule has 0 radical (unpaired) electrons. The highest BCUT2D eigenvalue weighted by Crippen LogP contribution is 2.41. The lowest BCUT2D eigenvalue weighted by Crippen LogP contribution is -2.15. The van der Waals surface area contributed by atoms with Crippen LogP contribution < -0.4 is 0 Å². The number of benzene rings is 2. The van der Waals surface area contributed by atoms with Crippen molar-refractivity contribution >= 4 is 0 Å². The maximum absolute atomic E-state index is 10.3. The average molecular weight is 383 g/mol. The Labute approximate surface area is 168 Å². The van der Waals surface area contributed by atoms with Gasteiger partial charge in [0.1, 0.15) is 5.75 Å². The number of nitrogens with one attached hydrogen (secondary N) is 1. The van der Waals surface area contributed by atoms with E-state index in [-0.39, 0.29) is 5.75 Å². The number of aromatic hydroxyl groups is 1. The van der Waals surface area contributed by atoms with Gasteiger partial charge in [-0.3, -0.25) is 10.1 Å². The van der Waals surface area contributed by atoms with Gasteiger partial charge in [-0.1, -0.05) is 18.2 Å². The molecule has 0 saturated carbocycles. The van der Waals surface area contributed by atoms with E-state index in [1.807, 2.05) is 36.5 Å². The number of nitrogens with zero attached hydrogens (tertiary/aromatic N) is 2. The van der Waals surface area contributed by atoms with E-state index in [1.165, 1.54) is 5.56 Å². The third kappa shape index (κ3) is 3.00. The van der Waals surface area contributed by atoms with Gasteiger partial charge in [-0.15, -0.1) is 0 Å². The van der Waals surface area contributed by atoms with Crippen LogP contribution in [0.4, 0.5) is 0 Å². The second-order valence-electron chi connectivity index (χ2n) is 8.01. The number of hydrogen-bond acceptors (Lipinski definition) is 4.